The van der Waals surface area contributed by atoms with Crippen molar-refractivity contribution in [3.8, 4) is 0 Å². The van der Waals surface area contributed by atoms with E-state index in [-0.39, 0.29) is 0 Å². The first-order valence-electron chi connectivity index (χ1n) is 9.43. The van der Waals surface area contributed by atoms with Crippen LogP contribution in [0.2, 0.25) is 0 Å². The molecule has 0 saturated carbocycles. The lowest BCUT2D eigenvalue weighted by Crippen LogP contribution is -2.44. The molecule has 3 heterocycles. The van der Waals surface area contributed by atoms with E-state index in [1.165, 1.54) is 11.3 Å². The molecule has 1 aliphatic heterocycles. The lowest BCUT2D eigenvalue weighted by Gasteiger charge is -2.20. The van der Waals surface area contributed by atoms with E-state index in [9.17, 15) is 0 Å². The molecule has 6 nitrogen and oxygen atoms in total. The second-order valence-electron chi connectivity index (χ2n) is 7.04. The number of imidazole rings is 1. The van der Waals surface area contributed by atoms with E-state index in [0.29, 0.717) is 12.6 Å². The van der Waals surface area contributed by atoms with Crippen molar-refractivity contribution in [2.45, 2.75) is 25.9 Å². The molecule has 27 heavy (non-hydrogen) atoms. The molecule has 1 fully saturated rings. The van der Waals surface area contributed by atoms with Crippen molar-refractivity contribution in [3.63, 3.8) is 0 Å². The number of aryl methyl sites for hydroxylation is 1. The first kappa shape index (κ1) is 17.4. The van der Waals surface area contributed by atoms with Crippen molar-refractivity contribution in [2.75, 3.05) is 25.0 Å². The van der Waals surface area contributed by atoms with Crippen molar-refractivity contribution in [1.29, 1.82) is 0 Å². The second kappa shape index (κ2) is 7.70. The van der Waals surface area contributed by atoms with E-state index >= 15 is 0 Å². The minimum absolute atomic E-state index is 0.389. The molecule has 1 atom stereocenters. The van der Waals surface area contributed by atoms with Crippen LogP contribution in [-0.4, -0.2) is 41.5 Å². The summed E-state index contributed by atoms with van der Waals surface area (Å²) >= 11 is 0. The first-order valence-corrected chi connectivity index (χ1v) is 9.43. The van der Waals surface area contributed by atoms with Crippen molar-refractivity contribution < 1.29 is 0 Å². The highest BCUT2D eigenvalue weighted by molar-refractivity contribution is 5.80. The fraction of sp³-hybridized carbons (Fsp3) is 0.333. The minimum atomic E-state index is 0.389. The number of benzene rings is 1. The van der Waals surface area contributed by atoms with E-state index < -0.39 is 0 Å². The van der Waals surface area contributed by atoms with Gasteiger partial charge in [-0.15, -0.1) is 0 Å². The Morgan fingerprint density at radius 3 is 2.93 bits per heavy atom. The van der Waals surface area contributed by atoms with Gasteiger partial charge >= 0.3 is 0 Å². The van der Waals surface area contributed by atoms with Gasteiger partial charge in [0.1, 0.15) is 5.65 Å². The van der Waals surface area contributed by atoms with Gasteiger partial charge in [0.15, 0.2) is 5.96 Å². The quantitative estimate of drug-likeness (QED) is 0.553. The zero-order valence-corrected chi connectivity index (χ0v) is 15.9. The molecule has 0 spiro atoms. The van der Waals surface area contributed by atoms with Gasteiger partial charge in [-0.3, -0.25) is 4.99 Å². The van der Waals surface area contributed by atoms with E-state index in [4.69, 9.17) is 0 Å². The van der Waals surface area contributed by atoms with Gasteiger partial charge in [0.2, 0.25) is 0 Å². The maximum Gasteiger partial charge on any atom is 0.191 e. The number of anilines is 1. The summed E-state index contributed by atoms with van der Waals surface area (Å²) in [6.07, 6.45) is 5.20. The van der Waals surface area contributed by atoms with Gasteiger partial charge < -0.3 is 19.9 Å². The van der Waals surface area contributed by atoms with Crippen molar-refractivity contribution >= 4 is 17.3 Å². The van der Waals surface area contributed by atoms with Gasteiger partial charge in [-0.05, 0) is 43.2 Å². The molecule has 0 radical (unpaired) electrons. The van der Waals surface area contributed by atoms with Crippen LogP contribution in [0.15, 0.2) is 59.9 Å². The average molecular weight is 362 g/mol. The number of hydrogen-bond donors (Lipinski definition) is 2. The van der Waals surface area contributed by atoms with Crippen LogP contribution in [0.1, 0.15) is 17.7 Å². The Kier molecular flexibility index (Phi) is 4.96. The van der Waals surface area contributed by atoms with Crippen LogP contribution in [-0.2, 0) is 6.54 Å². The van der Waals surface area contributed by atoms with Crippen molar-refractivity contribution in [1.82, 2.24) is 20.0 Å². The fourth-order valence-electron chi connectivity index (χ4n) is 3.54. The SMILES string of the molecule is CN=C(NCc1cn2ccc(C)cc2n1)NC1CCN(c2ccccc2)C1. The van der Waals surface area contributed by atoms with Gasteiger partial charge in [0.25, 0.3) is 0 Å². The zero-order chi connectivity index (χ0) is 18.6. The molecule has 4 rings (SSSR count). The lowest BCUT2D eigenvalue weighted by molar-refractivity contribution is 0.647. The van der Waals surface area contributed by atoms with Crippen molar-refractivity contribution in [3.05, 3.63) is 66.1 Å². The smallest absolute Gasteiger partial charge is 0.191 e. The Morgan fingerprint density at radius 2 is 2.11 bits per heavy atom. The predicted molar refractivity (Wildman–Crippen MR) is 110 cm³/mol. The number of aromatic nitrogens is 2. The van der Waals surface area contributed by atoms with Crippen LogP contribution >= 0.6 is 0 Å². The monoisotopic (exact) mass is 362 g/mol. The summed E-state index contributed by atoms with van der Waals surface area (Å²) in [5.41, 5.74) is 4.48. The summed E-state index contributed by atoms with van der Waals surface area (Å²) in [6, 6.07) is 15.1. The Morgan fingerprint density at radius 1 is 1.26 bits per heavy atom. The van der Waals surface area contributed by atoms with Crippen molar-refractivity contribution in [2.24, 2.45) is 4.99 Å². The number of para-hydroxylation sites is 1. The Bertz CT molecular complexity index is 930. The standard InChI is InChI=1S/C21H26N6/c1-16-8-10-27-15-18(24-20(27)12-16)13-23-21(22-2)25-17-9-11-26(14-17)19-6-4-3-5-7-19/h3-8,10,12,15,17H,9,11,13-14H2,1-2H3,(H2,22,23,25). The highest BCUT2D eigenvalue weighted by Gasteiger charge is 2.23. The Hall–Kier alpha value is -3.02. The molecule has 1 aromatic carbocycles. The number of hydrogen-bond acceptors (Lipinski definition) is 3. The molecule has 0 amide bonds. The molecule has 2 aromatic heterocycles. The van der Waals surface area contributed by atoms with E-state index in [1.807, 2.05) is 13.2 Å². The Labute approximate surface area is 159 Å². The second-order valence-corrected chi connectivity index (χ2v) is 7.04. The number of guanidine groups is 1. The highest BCUT2D eigenvalue weighted by Crippen LogP contribution is 2.19. The molecule has 1 saturated heterocycles. The molecular weight excluding hydrogens is 336 g/mol. The summed E-state index contributed by atoms with van der Waals surface area (Å²) in [4.78, 5) is 11.5. The number of nitrogens with zero attached hydrogens (tertiary/aromatic N) is 4. The third-order valence-corrected chi connectivity index (χ3v) is 4.98. The number of nitrogens with one attached hydrogen (secondary N) is 2. The number of aliphatic imine (C=N–C) groups is 1. The van der Waals surface area contributed by atoms with E-state index in [0.717, 1.165) is 36.8 Å². The highest BCUT2D eigenvalue weighted by atomic mass is 15.2. The fourth-order valence-corrected chi connectivity index (χ4v) is 3.54. The van der Waals surface area contributed by atoms with Gasteiger partial charge in [-0.1, -0.05) is 18.2 Å². The lowest BCUT2D eigenvalue weighted by atomic mass is 10.3. The van der Waals surface area contributed by atoms with Gasteiger partial charge in [-0.25, -0.2) is 4.98 Å². The van der Waals surface area contributed by atoms with Gasteiger partial charge in [0.05, 0.1) is 12.2 Å². The summed E-state index contributed by atoms with van der Waals surface area (Å²) < 4.78 is 2.05. The van der Waals surface area contributed by atoms with Gasteiger partial charge in [0, 0.05) is 44.3 Å². The number of rotatable bonds is 4. The third-order valence-electron chi connectivity index (χ3n) is 4.98. The van der Waals surface area contributed by atoms with Crippen LogP contribution in [0.3, 0.4) is 0 Å². The van der Waals surface area contributed by atoms with Gasteiger partial charge in [-0.2, -0.15) is 0 Å². The molecule has 2 N–H and O–H groups in total. The molecule has 0 aliphatic carbocycles. The summed E-state index contributed by atoms with van der Waals surface area (Å²) in [7, 11) is 1.81. The minimum Gasteiger partial charge on any atom is -0.369 e. The molecule has 140 valence electrons. The van der Waals surface area contributed by atoms with E-state index in [1.54, 1.807) is 0 Å². The topological polar surface area (TPSA) is 57.0 Å². The largest absolute Gasteiger partial charge is 0.369 e. The van der Waals surface area contributed by atoms with Crippen LogP contribution in [0, 0.1) is 6.92 Å². The summed E-state index contributed by atoms with van der Waals surface area (Å²) in [5, 5.41) is 6.93. The Balaban J connectivity index is 1.33. The third kappa shape index (κ3) is 4.05. The normalized spacial score (nSPS) is 17.5. The van der Waals surface area contributed by atoms with Crippen LogP contribution < -0.4 is 15.5 Å². The first-order chi connectivity index (χ1) is 13.2. The molecular formula is C21H26N6. The van der Waals surface area contributed by atoms with Crippen LogP contribution in [0.5, 0.6) is 0 Å². The van der Waals surface area contributed by atoms with Crippen LogP contribution in [0.25, 0.3) is 5.65 Å². The molecule has 3 aromatic rings. The molecule has 6 heteroatoms. The maximum absolute atomic E-state index is 4.67. The maximum atomic E-state index is 4.67. The summed E-state index contributed by atoms with van der Waals surface area (Å²) in [5.74, 6) is 0.822. The van der Waals surface area contributed by atoms with Crippen LogP contribution in [0.4, 0.5) is 5.69 Å². The molecule has 1 unspecified atom stereocenters. The zero-order valence-electron chi connectivity index (χ0n) is 15.9. The molecule has 1 aliphatic rings. The van der Waals surface area contributed by atoms with E-state index in [2.05, 4.69) is 85.5 Å². The predicted octanol–water partition coefficient (Wildman–Crippen LogP) is 2.59. The number of fused-ring (bicyclic) bond motifs is 1. The average Bonchev–Trinajstić information content (AvgIpc) is 3.32. The summed E-state index contributed by atoms with van der Waals surface area (Å²) in [6.45, 7) is 4.77. The molecule has 0 bridgehead atoms. The number of pyridine rings is 1.